The Bertz CT molecular complexity index is 1020. The molecule has 0 fully saturated rings. The van der Waals surface area contributed by atoms with Crippen molar-refractivity contribution < 1.29 is 13.2 Å². The van der Waals surface area contributed by atoms with Gasteiger partial charge in [0.2, 0.25) is 4.96 Å². The maximum Gasteiger partial charge on any atom is 0.235 e. The number of hydrogen-bond acceptors (Lipinski definition) is 4. The van der Waals surface area contributed by atoms with E-state index in [0.717, 1.165) is 29.5 Å². The van der Waals surface area contributed by atoms with Gasteiger partial charge in [-0.05, 0) is 30.3 Å². The summed E-state index contributed by atoms with van der Waals surface area (Å²) in [7, 11) is 0. The maximum atomic E-state index is 13.9. The smallest absolute Gasteiger partial charge is 0.207 e. The molecule has 0 atom stereocenters. The summed E-state index contributed by atoms with van der Waals surface area (Å²) in [6, 6.07) is 9.22. The van der Waals surface area contributed by atoms with E-state index in [1.807, 2.05) is 0 Å². The first-order valence-corrected chi connectivity index (χ1v) is 7.38. The van der Waals surface area contributed by atoms with Crippen LogP contribution >= 0.6 is 11.3 Å². The Kier molecular flexibility index (Phi) is 3.12. The summed E-state index contributed by atoms with van der Waals surface area (Å²) in [5.41, 5.74) is 0.261. The van der Waals surface area contributed by atoms with E-state index in [4.69, 9.17) is 0 Å². The highest BCUT2D eigenvalue weighted by Crippen LogP contribution is 2.30. The molecule has 0 radical (unpaired) electrons. The molecule has 0 bridgehead atoms. The van der Waals surface area contributed by atoms with Gasteiger partial charge in [0.1, 0.15) is 17.5 Å². The third-order valence-corrected chi connectivity index (χ3v) is 4.20. The van der Waals surface area contributed by atoms with Crippen LogP contribution in [0.15, 0.2) is 42.5 Å². The van der Waals surface area contributed by atoms with Gasteiger partial charge >= 0.3 is 0 Å². The van der Waals surface area contributed by atoms with Crippen LogP contribution in [0.25, 0.3) is 26.9 Å². The van der Waals surface area contributed by atoms with Crippen molar-refractivity contribution in [3.63, 3.8) is 0 Å². The Morgan fingerprint density at radius 3 is 2.48 bits per heavy atom. The third-order valence-electron chi connectivity index (χ3n) is 3.26. The number of hydrogen-bond donors (Lipinski definition) is 0. The second kappa shape index (κ2) is 5.17. The Labute approximate surface area is 131 Å². The van der Waals surface area contributed by atoms with Gasteiger partial charge < -0.3 is 0 Å². The molecule has 0 spiro atoms. The molecule has 0 N–H and O–H groups in total. The second-order valence-corrected chi connectivity index (χ2v) is 5.69. The van der Waals surface area contributed by atoms with Crippen molar-refractivity contribution in [1.29, 1.82) is 0 Å². The summed E-state index contributed by atoms with van der Waals surface area (Å²) in [4.78, 5) is 0.363. The van der Waals surface area contributed by atoms with Crippen molar-refractivity contribution in [2.45, 2.75) is 0 Å². The van der Waals surface area contributed by atoms with E-state index in [9.17, 15) is 13.2 Å². The quantitative estimate of drug-likeness (QED) is 0.558. The number of aromatic nitrogens is 4. The molecule has 4 rings (SSSR count). The lowest BCUT2D eigenvalue weighted by molar-refractivity contribution is 0.601. The Balaban J connectivity index is 1.91. The van der Waals surface area contributed by atoms with E-state index < -0.39 is 17.5 Å². The first-order valence-electron chi connectivity index (χ1n) is 6.56. The highest BCUT2D eigenvalue weighted by Gasteiger charge is 2.18. The van der Waals surface area contributed by atoms with E-state index in [-0.39, 0.29) is 11.4 Å². The van der Waals surface area contributed by atoms with Crippen molar-refractivity contribution in [3.05, 3.63) is 59.9 Å². The minimum Gasteiger partial charge on any atom is -0.207 e. The Morgan fingerprint density at radius 2 is 1.65 bits per heavy atom. The molecule has 0 saturated carbocycles. The van der Waals surface area contributed by atoms with Crippen molar-refractivity contribution >= 4 is 16.3 Å². The first-order chi connectivity index (χ1) is 11.1. The van der Waals surface area contributed by atoms with Gasteiger partial charge in [-0.15, -0.1) is 10.2 Å². The van der Waals surface area contributed by atoms with Crippen LogP contribution in [-0.4, -0.2) is 19.8 Å². The van der Waals surface area contributed by atoms with Crippen molar-refractivity contribution in [3.8, 4) is 22.0 Å². The van der Waals surface area contributed by atoms with Gasteiger partial charge in [0.05, 0.1) is 5.56 Å². The number of nitrogens with zero attached hydrogens (tertiary/aromatic N) is 4. The number of benzene rings is 2. The van der Waals surface area contributed by atoms with Crippen LogP contribution in [0.1, 0.15) is 0 Å². The lowest BCUT2D eigenvalue weighted by atomic mass is 10.2. The molecule has 0 aliphatic rings. The molecule has 0 aliphatic carbocycles. The summed E-state index contributed by atoms with van der Waals surface area (Å²) in [5.74, 6) is -1.59. The molecule has 2 aromatic heterocycles. The maximum absolute atomic E-state index is 13.9. The molecule has 0 amide bonds. The van der Waals surface area contributed by atoms with Gasteiger partial charge in [-0.25, -0.2) is 13.2 Å². The summed E-state index contributed by atoms with van der Waals surface area (Å²) in [5, 5.41) is 12.4. The summed E-state index contributed by atoms with van der Waals surface area (Å²) in [6.07, 6.45) is 0. The Morgan fingerprint density at radius 1 is 0.870 bits per heavy atom. The fourth-order valence-electron chi connectivity index (χ4n) is 2.20. The molecule has 8 heteroatoms. The zero-order valence-electron chi connectivity index (χ0n) is 11.4. The average Bonchev–Trinajstić information content (AvgIpc) is 3.10. The van der Waals surface area contributed by atoms with Crippen molar-refractivity contribution in [1.82, 2.24) is 19.8 Å². The van der Waals surface area contributed by atoms with Crippen LogP contribution < -0.4 is 0 Å². The fraction of sp³-hybridized carbons (Fsp3) is 0. The lowest BCUT2D eigenvalue weighted by Crippen LogP contribution is -1.95. The molecule has 0 unspecified atom stereocenters. The molecule has 0 saturated heterocycles. The van der Waals surface area contributed by atoms with Crippen LogP contribution in [0.3, 0.4) is 0 Å². The van der Waals surface area contributed by atoms with E-state index in [1.54, 1.807) is 18.2 Å². The second-order valence-electron chi connectivity index (χ2n) is 4.73. The molecule has 23 heavy (non-hydrogen) atoms. The van der Waals surface area contributed by atoms with E-state index in [1.165, 1.54) is 10.6 Å². The minimum absolute atomic E-state index is 0.0529. The molecular weight excluding hydrogens is 325 g/mol. The molecule has 4 nitrogen and oxygen atoms in total. The monoisotopic (exact) mass is 332 g/mol. The van der Waals surface area contributed by atoms with E-state index in [2.05, 4.69) is 15.3 Å². The van der Waals surface area contributed by atoms with Gasteiger partial charge in [-0.3, -0.25) is 0 Å². The summed E-state index contributed by atoms with van der Waals surface area (Å²) in [6.45, 7) is 0. The number of fused-ring (bicyclic) bond motifs is 1. The van der Waals surface area contributed by atoms with Crippen molar-refractivity contribution in [2.24, 2.45) is 0 Å². The average molecular weight is 332 g/mol. The first kappa shape index (κ1) is 13.9. The number of halogens is 3. The van der Waals surface area contributed by atoms with E-state index >= 15 is 0 Å². The largest absolute Gasteiger partial charge is 0.235 e. The minimum atomic E-state index is -0.638. The zero-order chi connectivity index (χ0) is 16.0. The van der Waals surface area contributed by atoms with Crippen LogP contribution in [0.5, 0.6) is 0 Å². The summed E-state index contributed by atoms with van der Waals surface area (Å²) >= 11 is 1.11. The molecule has 114 valence electrons. The topological polar surface area (TPSA) is 43.1 Å². The molecule has 0 aliphatic heterocycles. The van der Waals surface area contributed by atoms with Crippen LogP contribution in [0.2, 0.25) is 0 Å². The molecular formula is C15H7F3N4S. The lowest BCUT2D eigenvalue weighted by Gasteiger charge is -2.00. The van der Waals surface area contributed by atoms with Gasteiger partial charge in [-0.2, -0.15) is 9.61 Å². The highest BCUT2D eigenvalue weighted by atomic mass is 32.1. The molecule has 2 aromatic carbocycles. The van der Waals surface area contributed by atoms with Gasteiger partial charge in [0.25, 0.3) is 0 Å². The summed E-state index contributed by atoms with van der Waals surface area (Å²) < 4.78 is 42.4. The Hall–Kier alpha value is -2.74. The predicted octanol–water partition coefficient (Wildman–Crippen LogP) is 3.94. The van der Waals surface area contributed by atoms with Crippen LogP contribution in [0, 0.1) is 17.5 Å². The van der Waals surface area contributed by atoms with Crippen LogP contribution in [0.4, 0.5) is 13.2 Å². The number of rotatable bonds is 2. The highest BCUT2D eigenvalue weighted by molar-refractivity contribution is 7.19. The third kappa shape index (κ3) is 2.27. The van der Waals surface area contributed by atoms with Gasteiger partial charge in [0, 0.05) is 5.56 Å². The molecule has 4 aromatic rings. The van der Waals surface area contributed by atoms with E-state index in [0.29, 0.717) is 15.5 Å². The van der Waals surface area contributed by atoms with Gasteiger partial charge in [-0.1, -0.05) is 23.5 Å². The normalized spacial score (nSPS) is 11.3. The predicted molar refractivity (Wildman–Crippen MR) is 79.4 cm³/mol. The van der Waals surface area contributed by atoms with Crippen LogP contribution in [-0.2, 0) is 0 Å². The van der Waals surface area contributed by atoms with Crippen molar-refractivity contribution in [2.75, 3.05) is 0 Å². The zero-order valence-corrected chi connectivity index (χ0v) is 12.2. The SMILES string of the molecule is Fc1ccc(F)c(-c2nnc3sc(-c4ccccc4F)nn23)c1. The standard InChI is InChI=1S/C15H7F3N4S/c16-8-5-6-12(18)10(7-8)13-19-20-15-22(13)21-14(23-15)9-3-1-2-4-11(9)17/h1-7H. The van der Waals surface area contributed by atoms with Gasteiger partial charge in [0.15, 0.2) is 10.8 Å². The fourth-order valence-corrected chi connectivity index (χ4v) is 3.06. The molecule has 2 heterocycles.